The van der Waals surface area contributed by atoms with E-state index in [9.17, 15) is 32.6 Å². The highest BCUT2D eigenvalue weighted by atomic mass is 35.5. The van der Waals surface area contributed by atoms with Gasteiger partial charge in [0.15, 0.2) is 12.6 Å². The molecule has 0 saturated carbocycles. The Morgan fingerprint density at radius 1 is 1.24 bits per heavy atom. The molecule has 41 heavy (non-hydrogen) atoms. The van der Waals surface area contributed by atoms with Gasteiger partial charge in [0.05, 0.1) is 17.1 Å². The molecular weight excluding hydrogens is 583 g/mol. The number of carbonyl (C=O) groups is 3. The standard InChI is InChI=1S/C27H29ClF2N3O7P/c1-3-41(37,38)40-15-39-19-7-8-20-21(16(2)34)13-32(23(20)10-19)14-25(35)33-12-18(29)9-24(33)27(36)31-11-17-5-4-6-22(28)26(17)30/h4-8,10,13,18,24H,3,9,11-12,14-15H2,1-2H3,(H,31,36)(H,37,38)/t18-,24+/m1/s1. The number of hydrogen-bond donors (Lipinski definition) is 2. The highest BCUT2D eigenvalue weighted by Gasteiger charge is 2.39. The summed E-state index contributed by atoms with van der Waals surface area (Å²) in [5.74, 6) is -1.87. The Balaban J connectivity index is 1.51. The minimum Gasteiger partial charge on any atom is -0.467 e. The van der Waals surface area contributed by atoms with Gasteiger partial charge >= 0.3 is 7.60 Å². The van der Waals surface area contributed by atoms with E-state index in [4.69, 9.17) is 20.9 Å². The molecule has 1 aromatic heterocycles. The number of ether oxygens (including phenoxy) is 1. The molecule has 2 aromatic carbocycles. The number of Topliss-reactive ketones (excluding diaryl/α,β-unsaturated/α-hetero) is 1. The lowest BCUT2D eigenvalue weighted by Crippen LogP contribution is -2.46. The number of nitrogens with zero attached hydrogens (tertiary/aromatic N) is 2. The highest BCUT2D eigenvalue weighted by Crippen LogP contribution is 2.41. The lowest BCUT2D eigenvalue weighted by Gasteiger charge is -2.24. The Labute approximate surface area is 239 Å². The van der Waals surface area contributed by atoms with Crippen molar-refractivity contribution >= 4 is 47.7 Å². The number of likely N-dealkylation sites (tertiary alicyclic amines) is 1. The monoisotopic (exact) mass is 611 g/mol. The lowest BCUT2D eigenvalue weighted by atomic mass is 10.1. The Morgan fingerprint density at radius 3 is 2.71 bits per heavy atom. The minimum atomic E-state index is -3.77. The van der Waals surface area contributed by atoms with Gasteiger partial charge in [0, 0.05) is 47.9 Å². The van der Waals surface area contributed by atoms with E-state index in [-0.39, 0.29) is 54.3 Å². The van der Waals surface area contributed by atoms with Crippen LogP contribution in [0.2, 0.25) is 5.02 Å². The predicted molar refractivity (Wildman–Crippen MR) is 147 cm³/mol. The molecule has 1 aliphatic rings. The van der Waals surface area contributed by atoms with Crippen LogP contribution in [0.3, 0.4) is 0 Å². The van der Waals surface area contributed by atoms with Crippen molar-refractivity contribution in [3.63, 3.8) is 0 Å². The first-order valence-electron chi connectivity index (χ1n) is 12.8. The summed E-state index contributed by atoms with van der Waals surface area (Å²) in [6.45, 7) is 1.57. The molecule has 0 spiro atoms. The Kier molecular flexibility index (Phi) is 9.48. The van der Waals surface area contributed by atoms with Crippen molar-refractivity contribution in [1.82, 2.24) is 14.8 Å². The van der Waals surface area contributed by atoms with Gasteiger partial charge in [0.2, 0.25) is 11.8 Å². The summed E-state index contributed by atoms with van der Waals surface area (Å²) in [5.41, 5.74) is 0.926. The van der Waals surface area contributed by atoms with Crippen LogP contribution in [-0.2, 0) is 31.8 Å². The second-order valence-corrected chi connectivity index (χ2v) is 12.1. The average Bonchev–Trinajstić information content (AvgIpc) is 3.50. The number of fused-ring (bicyclic) bond motifs is 1. The number of alkyl halides is 1. The van der Waals surface area contributed by atoms with Gasteiger partial charge in [-0.3, -0.25) is 23.5 Å². The van der Waals surface area contributed by atoms with E-state index in [0.717, 1.165) is 4.90 Å². The maximum absolute atomic E-state index is 14.4. The van der Waals surface area contributed by atoms with Crippen LogP contribution in [0.25, 0.3) is 10.9 Å². The first-order valence-corrected chi connectivity index (χ1v) is 14.9. The third kappa shape index (κ3) is 7.13. The Hall–Kier alpha value is -3.31. The molecule has 14 heteroatoms. The van der Waals surface area contributed by atoms with Crippen LogP contribution in [0.4, 0.5) is 8.78 Å². The smallest absolute Gasteiger partial charge is 0.330 e. The predicted octanol–water partition coefficient (Wildman–Crippen LogP) is 4.45. The van der Waals surface area contributed by atoms with Gasteiger partial charge in [-0.1, -0.05) is 30.7 Å². The fourth-order valence-electron chi connectivity index (χ4n) is 4.57. The van der Waals surface area contributed by atoms with Crippen LogP contribution in [0.1, 0.15) is 36.2 Å². The number of halogens is 3. The zero-order valence-electron chi connectivity index (χ0n) is 22.3. The number of ketones is 1. The fraction of sp³-hybridized carbons (Fsp3) is 0.370. The van der Waals surface area contributed by atoms with Crippen molar-refractivity contribution in [2.75, 3.05) is 19.5 Å². The number of aromatic nitrogens is 1. The summed E-state index contributed by atoms with van der Waals surface area (Å²) < 4.78 is 52.2. The van der Waals surface area contributed by atoms with Crippen molar-refractivity contribution < 1.29 is 41.9 Å². The molecule has 3 aromatic rings. The third-order valence-electron chi connectivity index (χ3n) is 6.78. The first-order chi connectivity index (χ1) is 19.4. The topological polar surface area (TPSA) is 127 Å². The zero-order valence-corrected chi connectivity index (χ0v) is 24.0. The van der Waals surface area contributed by atoms with Crippen molar-refractivity contribution in [3.05, 3.63) is 64.6 Å². The van der Waals surface area contributed by atoms with E-state index in [2.05, 4.69) is 5.32 Å². The van der Waals surface area contributed by atoms with E-state index in [1.54, 1.807) is 18.2 Å². The van der Waals surface area contributed by atoms with Crippen LogP contribution >= 0.6 is 19.2 Å². The van der Waals surface area contributed by atoms with Gasteiger partial charge in [0.25, 0.3) is 0 Å². The van der Waals surface area contributed by atoms with E-state index < -0.39 is 44.2 Å². The molecule has 2 heterocycles. The van der Waals surface area contributed by atoms with Crippen LogP contribution in [-0.4, -0.2) is 63.7 Å². The normalized spacial score (nSPS) is 18.3. The van der Waals surface area contributed by atoms with E-state index in [1.807, 2.05) is 0 Å². The maximum atomic E-state index is 14.4. The molecule has 220 valence electrons. The zero-order chi connectivity index (χ0) is 29.9. The second-order valence-electron chi connectivity index (χ2n) is 9.58. The number of benzene rings is 2. The molecule has 0 aliphatic carbocycles. The number of amides is 2. The molecular formula is C27H29ClF2N3O7P. The quantitative estimate of drug-likeness (QED) is 0.186. The van der Waals surface area contributed by atoms with Crippen LogP contribution in [0.15, 0.2) is 42.6 Å². The molecule has 1 fully saturated rings. The van der Waals surface area contributed by atoms with E-state index >= 15 is 0 Å². The second kappa shape index (κ2) is 12.7. The molecule has 2 N–H and O–H groups in total. The molecule has 0 bridgehead atoms. The van der Waals surface area contributed by atoms with Gasteiger partial charge in [0.1, 0.15) is 30.3 Å². The molecule has 3 atom stereocenters. The van der Waals surface area contributed by atoms with Gasteiger partial charge in [-0.15, -0.1) is 0 Å². The van der Waals surface area contributed by atoms with E-state index in [0.29, 0.717) is 16.5 Å². The Bertz CT molecular complexity index is 1530. The summed E-state index contributed by atoms with van der Waals surface area (Å²) in [5, 5.41) is 2.98. The number of nitrogens with one attached hydrogen (secondary N) is 1. The van der Waals surface area contributed by atoms with E-state index in [1.165, 1.54) is 42.8 Å². The summed E-state index contributed by atoms with van der Waals surface area (Å²) in [4.78, 5) is 49.3. The van der Waals surface area contributed by atoms with Crippen LogP contribution in [0, 0.1) is 5.82 Å². The fourth-order valence-corrected chi connectivity index (χ4v) is 5.17. The van der Waals surface area contributed by atoms with Gasteiger partial charge in [-0.25, -0.2) is 8.78 Å². The molecule has 1 aliphatic heterocycles. The summed E-state index contributed by atoms with van der Waals surface area (Å²) in [7, 11) is -3.77. The molecule has 1 unspecified atom stereocenters. The number of hydrogen-bond acceptors (Lipinski definition) is 6. The third-order valence-corrected chi connectivity index (χ3v) is 8.38. The summed E-state index contributed by atoms with van der Waals surface area (Å²) in [6, 6.07) is 7.95. The minimum absolute atomic E-state index is 0.0882. The van der Waals surface area contributed by atoms with Crippen molar-refractivity contribution in [3.8, 4) is 5.75 Å². The molecule has 10 nitrogen and oxygen atoms in total. The van der Waals surface area contributed by atoms with Crippen LogP contribution in [0.5, 0.6) is 5.75 Å². The van der Waals surface area contributed by atoms with Gasteiger partial charge in [-0.05, 0) is 25.1 Å². The SMILES string of the molecule is CCP(=O)(O)OCOc1ccc2c(C(C)=O)cn(CC(=O)N3C[C@H](F)C[C@H]3C(=O)NCc3cccc(Cl)c3F)c2c1. The highest BCUT2D eigenvalue weighted by molar-refractivity contribution is 7.52. The summed E-state index contributed by atoms with van der Waals surface area (Å²) in [6.07, 6.45) is -0.248. The molecule has 2 amide bonds. The Morgan fingerprint density at radius 2 is 2.00 bits per heavy atom. The van der Waals surface area contributed by atoms with Crippen molar-refractivity contribution in [1.29, 1.82) is 0 Å². The van der Waals surface area contributed by atoms with Crippen molar-refractivity contribution in [2.24, 2.45) is 0 Å². The molecule has 1 saturated heterocycles. The largest absolute Gasteiger partial charge is 0.467 e. The first kappa shape index (κ1) is 30.6. The van der Waals surface area contributed by atoms with Crippen molar-refractivity contribution in [2.45, 2.75) is 45.6 Å². The van der Waals surface area contributed by atoms with Gasteiger partial charge in [-0.2, -0.15) is 0 Å². The molecule has 0 radical (unpaired) electrons. The lowest BCUT2D eigenvalue weighted by molar-refractivity contribution is -0.139. The molecule has 4 rings (SSSR count). The summed E-state index contributed by atoms with van der Waals surface area (Å²) >= 11 is 5.79. The number of rotatable bonds is 11. The average molecular weight is 612 g/mol. The number of carbonyl (C=O) groups excluding carboxylic acids is 3. The van der Waals surface area contributed by atoms with Crippen LogP contribution < -0.4 is 10.1 Å². The maximum Gasteiger partial charge on any atom is 0.330 e. The van der Waals surface area contributed by atoms with Gasteiger partial charge < -0.3 is 24.4 Å².